The van der Waals surface area contributed by atoms with Gasteiger partial charge in [0.1, 0.15) is 12.1 Å². The maximum absolute atomic E-state index is 13.3. The summed E-state index contributed by atoms with van der Waals surface area (Å²) in [6.45, 7) is 7.92. The molecule has 1 heterocycles. The van der Waals surface area contributed by atoms with Gasteiger partial charge in [-0.2, -0.15) is 9.57 Å². The van der Waals surface area contributed by atoms with Gasteiger partial charge < -0.3 is 10.6 Å². The highest BCUT2D eigenvalue weighted by Crippen LogP contribution is 2.25. The standard InChI is InChI=1S/C28H34N4O4S2/c1-19(2)16-23(31-28(34)25-17-21-10-5-7-12-24(21)37-25)27(33)30-14-9-15-32(20(3)4)38(35,36)26-13-8-6-11-22(26)18-29/h5-8,10-13,17,19-20,23H,9,14-16H2,1-4H3,(H,30,33)(H,31,34)/t23-/m0/s1. The molecule has 2 aromatic carbocycles. The maximum atomic E-state index is 13.3. The Morgan fingerprint density at radius 1 is 1.05 bits per heavy atom. The fraction of sp³-hybridized carbons (Fsp3) is 0.393. The minimum absolute atomic E-state index is 0.0267. The molecule has 0 aliphatic rings. The topological polar surface area (TPSA) is 119 Å². The number of nitrogens with one attached hydrogen (secondary N) is 2. The molecule has 0 fully saturated rings. The maximum Gasteiger partial charge on any atom is 0.262 e. The van der Waals surface area contributed by atoms with Crippen LogP contribution < -0.4 is 10.6 Å². The van der Waals surface area contributed by atoms with Crippen molar-refractivity contribution in [1.82, 2.24) is 14.9 Å². The van der Waals surface area contributed by atoms with Crippen molar-refractivity contribution in [2.24, 2.45) is 5.92 Å². The Bertz CT molecular complexity index is 1390. The molecule has 0 saturated heterocycles. The van der Waals surface area contributed by atoms with E-state index < -0.39 is 16.1 Å². The first-order chi connectivity index (χ1) is 18.0. The number of hydrogen-bond donors (Lipinski definition) is 2. The van der Waals surface area contributed by atoms with Crippen molar-refractivity contribution in [3.8, 4) is 6.07 Å². The summed E-state index contributed by atoms with van der Waals surface area (Å²) >= 11 is 1.38. The monoisotopic (exact) mass is 554 g/mol. The molecule has 0 bridgehead atoms. The Kier molecular flexibility index (Phi) is 10.0. The predicted molar refractivity (Wildman–Crippen MR) is 150 cm³/mol. The third-order valence-electron chi connectivity index (χ3n) is 6.00. The summed E-state index contributed by atoms with van der Waals surface area (Å²) in [5.41, 5.74) is 0.0948. The van der Waals surface area contributed by atoms with Crippen LogP contribution in [0.4, 0.5) is 0 Å². The van der Waals surface area contributed by atoms with Crippen molar-refractivity contribution >= 4 is 43.3 Å². The molecule has 0 unspecified atom stereocenters. The Balaban J connectivity index is 1.62. The number of nitrogens with zero attached hydrogens (tertiary/aromatic N) is 2. The fourth-order valence-corrected chi connectivity index (χ4v) is 6.95. The van der Waals surface area contributed by atoms with E-state index in [-0.39, 0.29) is 47.3 Å². The number of carbonyl (C=O) groups excluding carboxylic acids is 2. The van der Waals surface area contributed by atoms with Crippen molar-refractivity contribution < 1.29 is 18.0 Å². The smallest absolute Gasteiger partial charge is 0.262 e. The number of nitriles is 1. The molecular weight excluding hydrogens is 520 g/mol. The van der Waals surface area contributed by atoms with Gasteiger partial charge in [0.2, 0.25) is 15.9 Å². The molecule has 0 saturated carbocycles. The zero-order valence-electron chi connectivity index (χ0n) is 22.1. The molecule has 3 aromatic rings. The van der Waals surface area contributed by atoms with Gasteiger partial charge in [0.25, 0.3) is 5.91 Å². The minimum Gasteiger partial charge on any atom is -0.354 e. The van der Waals surface area contributed by atoms with Crippen molar-refractivity contribution in [3.63, 3.8) is 0 Å². The van der Waals surface area contributed by atoms with E-state index in [1.165, 1.54) is 27.8 Å². The lowest BCUT2D eigenvalue weighted by molar-refractivity contribution is -0.123. The minimum atomic E-state index is -3.89. The van der Waals surface area contributed by atoms with E-state index in [0.717, 1.165) is 10.1 Å². The molecule has 38 heavy (non-hydrogen) atoms. The van der Waals surface area contributed by atoms with Crippen LogP contribution in [0.25, 0.3) is 10.1 Å². The van der Waals surface area contributed by atoms with Gasteiger partial charge >= 0.3 is 0 Å². The van der Waals surface area contributed by atoms with E-state index in [0.29, 0.717) is 17.7 Å². The van der Waals surface area contributed by atoms with E-state index in [1.54, 1.807) is 26.0 Å². The van der Waals surface area contributed by atoms with Gasteiger partial charge in [0.15, 0.2) is 0 Å². The normalized spacial score (nSPS) is 12.6. The average molecular weight is 555 g/mol. The molecule has 2 amide bonds. The second kappa shape index (κ2) is 13.0. The third kappa shape index (κ3) is 7.19. The second-order valence-corrected chi connectivity index (χ2v) is 12.7. The van der Waals surface area contributed by atoms with Crippen LogP contribution in [0.2, 0.25) is 0 Å². The number of sulfonamides is 1. The van der Waals surface area contributed by atoms with E-state index in [9.17, 15) is 23.3 Å². The number of hydrogen-bond acceptors (Lipinski definition) is 6. The molecule has 1 aromatic heterocycles. The summed E-state index contributed by atoms with van der Waals surface area (Å²) in [5, 5.41) is 16.1. The summed E-state index contributed by atoms with van der Waals surface area (Å²) in [5.74, 6) is -0.419. The van der Waals surface area contributed by atoms with Crippen LogP contribution in [0.15, 0.2) is 59.5 Å². The zero-order chi connectivity index (χ0) is 27.9. The Hall–Kier alpha value is -3.26. The Morgan fingerprint density at radius 2 is 1.74 bits per heavy atom. The summed E-state index contributed by atoms with van der Waals surface area (Å²) in [6, 6.07) is 16.6. The van der Waals surface area contributed by atoms with Gasteiger partial charge in [-0.05, 0) is 62.3 Å². The van der Waals surface area contributed by atoms with Crippen LogP contribution in [0.1, 0.15) is 55.8 Å². The van der Waals surface area contributed by atoms with Gasteiger partial charge in [-0.1, -0.05) is 44.2 Å². The van der Waals surface area contributed by atoms with E-state index in [1.807, 2.05) is 50.2 Å². The Labute approximate surface area is 228 Å². The van der Waals surface area contributed by atoms with Gasteiger partial charge in [-0.3, -0.25) is 9.59 Å². The number of fused-ring (bicyclic) bond motifs is 1. The number of thiophene rings is 1. The molecule has 0 spiro atoms. The largest absolute Gasteiger partial charge is 0.354 e. The summed E-state index contributed by atoms with van der Waals surface area (Å²) in [6.07, 6.45) is 0.844. The first kappa shape index (κ1) is 29.3. The molecule has 0 radical (unpaired) electrons. The predicted octanol–water partition coefficient (Wildman–Crippen LogP) is 4.52. The summed E-state index contributed by atoms with van der Waals surface area (Å²) < 4.78 is 28.9. The van der Waals surface area contributed by atoms with Crippen molar-refractivity contribution in [3.05, 3.63) is 65.0 Å². The fourth-order valence-electron chi connectivity index (χ4n) is 4.16. The number of benzene rings is 2. The van der Waals surface area contributed by atoms with Crippen LogP contribution >= 0.6 is 11.3 Å². The Morgan fingerprint density at radius 3 is 2.39 bits per heavy atom. The lowest BCUT2D eigenvalue weighted by atomic mass is 10.0. The average Bonchev–Trinajstić information content (AvgIpc) is 3.32. The van der Waals surface area contributed by atoms with Gasteiger partial charge in [0.05, 0.1) is 15.3 Å². The molecule has 1 atom stereocenters. The molecule has 0 aliphatic heterocycles. The SMILES string of the molecule is CC(C)C[C@H](NC(=O)c1cc2ccccc2s1)C(=O)NCCCN(C(C)C)S(=O)(=O)c1ccccc1C#N. The van der Waals surface area contributed by atoms with Crippen LogP contribution in [0.3, 0.4) is 0 Å². The van der Waals surface area contributed by atoms with Gasteiger partial charge in [0, 0.05) is 23.8 Å². The summed E-state index contributed by atoms with van der Waals surface area (Å²) in [7, 11) is -3.89. The van der Waals surface area contributed by atoms with Crippen molar-refractivity contribution in [2.45, 2.75) is 57.5 Å². The van der Waals surface area contributed by atoms with Gasteiger partial charge in [-0.15, -0.1) is 11.3 Å². The lowest BCUT2D eigenvalue weighted by Crippen LogP contribution is -2.48. The van der Waals surface area contributed by atoms with Gasteiger partial charge in [-0.25, -0.2) is 8.42 Å². The van der Waals surface area contributed by atoms with E-state index in [4.69, 9.17) is 0 Å². The molecule has 0 aliphatic carbocycles. The van der Waals surface area contributed by atoms with E-state index in [2.05, 4.69) is 10.6 Å². The highest BCUT2D eigenvalue weighted by atomic mass is 32.2. The number of carbonyl (C=O) groups is 2. The van der Waals surface area contributed by atoms with Crippen molar-refractivity contribution in [2.75, 3.05) is 13.1 Å². The first-order valence-electron chi connectivity index (χ1n) is 12.6. The molecule has 8 nitrogen and oxygen atoms in total. The second-order valence-electron chi connectivity index (χ2n) is 9.77. The van der Waals surface area contributed by atoms with Crippen LogP contribution in [0.5, 0.6) is 0 Å². The quantitative estimate of drug-likeness (QED) is 0.319. The van der Waals surface area contributed by atoms with E-state index >= 15 is 0 Å². The third-order valence-corrected chi connectivity index (χ3v) is 9.25. The van der Waals surface area contributed by atoms with Crippen LogP contribution in [-0.2, 0) is 14.8 Å². The summed E-state index contributed by atoms with van der Waals surface area (Å²) in [4.78, 5) is 26.5. The molecule has 10 heteroatoms. The first-order valence-corrected chi connectivity index (χ1v) is 14.9. The highest BCUT2D eigenvalue weighted by molar-refractivity contribution is 7.89. The van der Waals surface area contributed by atoms with Crippen LogP contribution in [0, 0.1) is 17.2 Å². The van der Waals surface area contributed by atoms with Crippen LogP contribution in [-0.4, -0.2) is 49.7 Å². The molecule has 202 valence electrons. The number of rotatable bonds is 12. The zero-order valence-corrected chi connectivity index (χ0v) is 23.7. The number of amides is 2. The van der Waals surface area contributed by atoms with Crippen molar-refractivity contribution in [1.29, 1.82) is 5.26 Å². The molecule has 3 rings (SSSR count). The highest BCUT2D eigenvalue weighted by Gasteiger charge is 2.29. The molecule has 2 N–H and O–H groups in total. The molecular formula is C28H34N4O4S2. The lowest BCUT2D eigenvalue weighted by Gasteiger charge is -2.26.